The number of carbonyl (C=O) groups excluding carboxylic acids is 2. The van der Waals surface area contributed by atoms with Gasteiger partial charge in [-0.15, -0.1) is 5.10 Å². The van der Waals surface area contributed by atoms with Gasteiger partial charge in [0.2, 0.25) is 11.8 Å². The number of nitrogens with zero attached hydrogens (tertiary/aromatic N) is 4. The minimum Gasteiger partial charge on any atom is -0.391 e. The van der Waals surface area contributed by atoms with Gasteiger partial charge in [-0.2, -0.15) is 0 Å². The van der Waals surface area contributed by atoms with Crippen molar-refractivity contribution < 1.29 is 19.8 Å². The molecule has 1 aliphatic rings. The number of amides is 2. The molecule has 4 atom stereocenters. The largest absolute Gasteiger partial charge is 0.391 e. The second-order valence-electron chi connectivity index (χ2n) is 9.80. The number of hydrogen-bond donors (Lipinski definition) is 3. The fourth-order valence-electron chi connectivity index (χ4n) is 4.24. The van der Waals surface area contributed by atoms with Crippen molar-refractivity contribution in [1.82, 2.24) is 25.2 Å². The average Bonchev–Trinajstić information content (AvgIpc) is 3.34. The van der Waals surface area contributed by atoms with E-state index in [0.717, 1.165) is 5.56 Å². The van der Waals surface area contributed by atoms with Crippen LogP contribution < -0.4 is 5.32 Å². The Morgan fingerprint density at radius 3 is 2.47 bits per heavy atom. The van der Waals surface area contributed by atoms with Crippen LogP contribution in [0.15, 0.2) is 36.5 Å². The van der Waals surface area contributed by atoms with E-state index in [9.17, 15) is 19.8 Å². The molecule has 0 bridgehead atoms. The van der Waals surface area contributed by atoms with Crippen molar-refractivity contribution in [3.63, 3.8) is 0 Å². The molecule has 1 aromatic carbocycles. The third-order valence-electron chi connectivity index (χ3n) is 5.88. The molecule has 9 nitrogen and oxygen atoms in total. The quantitative estimate of drug-likeness (QED) is 0.613. The first-order chi connectivity index (χ1) is 14.9. The molecule has 1 aliphatic heterocycles. The first-order valence-corrected chi connectivity index (χ1v) is 10.8. The summed E-state index contributed by atoms with van der Waals surface area (Å²) in [5, 5.41) is 32.1. The highest BCUT2D eigenvalue weighted by molar-refractivity contribution is 5.90. The lowest BCUT2D eigenvalue weighted by Gasteiger charge is -2.34. The van der Waals surface area contributed by atoms with Crippen molar-refractivity contribution in [3.05, 3.63) is 47.8 Å². The number of nitrogens with one attached hydrogen (secondary N) is 1. The molecule has 0 radical (unpaired) electrons. The Bertz CT molecular complexity index is 951. The van der Waals surface area contributed by atoms with Crippen molar-refractivity contribution in [2.45, 2.75) is 64.3 Å². The molecule has 32 heavy (non-hydrogen) atoms. The summed E-state index contributed by atoms with van der Waals surface area (Å²) in [5.74, 6) is -0.630. The summed E-state index contributed by atoms with van der Waals surface area (Å²) in [6.45, 7) is 7.46. The number of aliphatic hydroxyl groups is 2. The van der Waals surface area contributed by atoms with E-state index in [4.69, 9.17) is 0 Å². The number of β-amino-alcohol motifs (C(OH)–C–C–N with tert-alkyl or cyclic N) is 1. The predicted molar refractivity (Wildman–Crippen MR) is 118 cm³/mol. The topological polar surface area (TPSA) is 121 Å². The van der Waals surface area contributed by atoms with Crippen LogP contribution in [-0.2, 0) is 21.6 Å². The molecule has 2 heterocycles. The van der Waals surface area contributed by atoms with E-state index < -0.39 is 29.2 Å². The summed E-state index contributed by atoms with van der Waals surface area (Å²) >= 11 is 0. The van der Waals surface area contributed by atoms with Crippen LogP contribution >= 0.6 is 0 Å². The van der Waals surface area contributed by atoms with Gasteiger partial charge in [0.25, 0.3) is 0 Å². The Labute approximate surface area is 188 Å². The molecule has 0 spiro atoms. The highest BCUT2D eigenvalue weighted by Gasteiger charge is 2.45. The fraction of sp³-hybridized carbons (Fsp3) is 0.565. The molecule has 1 aromatic heterocycles. The molecule has 1 saturated heterocycles. The first kappa shape index (κ1) is 23.9. The van der Waals surface area contributed by atoms with Crippen molar-refractivity contribution >= 4 is 11.8 Å². The SMILES string of the molecule is CNC(=O)C1CC(O)CN1C(=O)C(n1cc(C(C)(O)Cc2ccccc2)nn1)C(C)(C)C. The predicted octanol–water partition coefficient (Wildman–Crippen LogP) is 1.02. The Hall–Kier alpha value is -2.78. The number of carbonyl (C=O) groups is 2. The van der Waals surface area contributed by atoms with Crippen LogP contribution in [0.5, 0.6) is 0 Å². The Morgan fingerprint density at radius 1 is 1.22 bits per heavy atom. The molecule has 2 aromatic rings. The second kappa shape index (κ2) is 8.99. The third-order valence-corrected chi connectivity index (χ3v) is 5.88. The summed E-state index contributed by atoms with van der Waals surface area (Å²) in [5.41, 5.74) is -0.532. The van der Waals surface area contributed by atoms with Crippen molar-refractivity contribution in [2.75, 3.05) is 13.6 Å². The van der Waals surface area contributed by atoms with Gasteiger partial charge in [-0.05, 0) is 17.9 Å². The van der Waals surface area contributed by atoms with Crippen LogP contribution in [0.2, 0.25) is 0 Å². The van der Waals surface area contributed by atoms with Gasteiger partial charge in [0.05, 0.1) is 12.3 Å². The highest BCUT2D eigenvalue weighted by Crippen LogP contribution is 2.35. The van der Waals surface area contributed by atoms with Crippen LogP contribution in [0.1, 0.15) is 51.4 Å². The summed E-state index contributed by atoms with van der Waals surface area (Å²) in [7, 11) is 1.51. The Morgan fingerprint density at radius 2 is 1.88 bits per heavy atom. The molecule has 2 amide bonds. The van der Waals surface area contributed by atoms with Gasteiger partial charge in [0.1, 0.15) is 23.4 Å². The second-order valence-corrected chi connectivity index (χ2v) is 9.80. The number of likely N-dealkylation sites (N-methyl/N-ethyl adjacent to an activating group) is 1. The smallest absolute Gasteiger partial charge is 0.248 e. The minimum atomic E-state index is -1.28. The molecular formula is C23H33N5O4. The molecule has 9 heteroatoms. The Kier molecular flexibility index (Phi) is 6.71. The van der Waals surface area contributed by atoms with Gasteiger partial charge in [-0.3, -0.25) is 9.59 Å². The first-order valence-electron chi connectivity index (χ1n) is 10.8. The van der Waals surface area contributed by atoms with Crippen LogP contribution in [0, 0.1) is 5.41 Å². The maximum Gasteiger partial charge on any atom is 0.248 e. The third kappa shape index (κ3) is 4.99. The van der Waals surface area contributed by atoms with Gasteiger partial charge in [-0.1, -0.05) is 56.3 Å². The maximum absolute atomic E-state index is 13.6. The van der Waals surface area contributed by atoms with Crippen molar-refractivity contribution in [3.8, 4) is 0 Å². The lowest BCUT2D eigenvalue weighted by molar-refractivity contribution is -0.144. The van der Waals surface area contributed by atoms with E-state index in [1.807, 2.05) is 51.1 Å². The fourth-order valence-corrected chi connectivity index (χ4v) is 4.24. The van der Waals surface area contributed by atoms with Crippen LogP contribution in [-0.4, -0.2) is 67.7 Å². The van der Waals surface area contributed by atoms with Crippen LogP contribution in [0.25, 0.3) is 0 Å². The van der Waals surface area contributed by atoms with E-state index >= 15 is 0 Å². The van der Waals surface area contributed by atoms with E-state index in [1.54, 1.807) is 13.1 Å². The standard InChI is InChI=1S/C23H33N5O4/c1-22(2,3)19(21(31)27-13-16(29)11-17(27)20(30)24-5)28-14-18(25-26-28)23(4,32)12-15-9-7-6-8-10-15/h6-10,14,16-17,19,29,32H,11-13H2,1-5H3,(H,24,30). The van der Waals surface area contributed by atoms with Gasteiger partial charge in [-0.25, -0.2) is 4.68 Å². The molecule has 1 fully saturated rings. The zero-order valence-corrected chi connectivity index (χ0v) is 19.3. The monoisotopic (exact) mass is 443 g/mol. The number of likely N-dealkylation sites (tertiary alicyclic amines) is 1. The molecule has 3 rings (SSSR count). The van der Waals surface area contributed by atoms with E-state index in [1.165, 1.54) is 16.6 Å². The maximum atomic E-state index is 13.6. The van der Waals surface area contributed by atoms with Gasteiger partial charge in [0.15, 0.2) is 0 Å². The number of rotatable bonds is 6. The summed E-state index contributed by atoms with van der Waals surface area (Å²) in [4.78, 5) is 27.3. The van der Waals surface area contributed by atoms with Gasteiger partial charge >= 0.3 is 0 Å². The zero-order chi connectivity index (χ0) is 23.7. The van der Waals surface area contributed by atoms with Crippen LogP contribution in [0.3, 0.4) is 0 Å². The number of aromatic nitrogens is 3. The molecule has 4 unspecified atom stereocenters. The number of aliphatic hydroxyl groups excluding tert-OH is 1. The molecule has 174 valence electrons. The van der Waals surface area contributed by atoms with Crippen LogP contribution in [0.4, 0.5) is 0 Å². The lowest BCUT2D eigenvalue weighted by Crippen LogP contribution is -2.49. The minimum absolute atomic E-state index is 0.0801. The normalized spacial score (nSPS) is 21.8. The van der Waals surface area contributed by atoms with Gasteiger partial charge in [0, 0.05) is 26.4 Å². The number of benzene rings is 1. The zero-order valence-electron chi connectivity index (χ0n) is 19.3. The number of hydrogen-bond acceptors (Lipinski definition) is 6. The van der Waals surface area contributed by atoms with Crippen molar-refractivity contribution in [2.24, 2.45) is 5.41 Å². The molecule has 3 N–H and O–H groups in total. The van der Waals surface area contributed by atoms with E-state index in [0.29, 0.717) is 12.1 Å². The average molecular weight is 444 g/mol. The van der Waals surface area contributed by atoms with E-state index in [2.05, 4.69) is 15.6 Å². The molecule has 0 saturated carbocycles. The molecule has 0 aliphatic carbocycles. The summed E-state index contributed by atoms with van der Waals surface area (Å²) < 4.78 is 1.46. The Balaban J connectivity index is 1.90. The molecular weight excluding hydrogens is 410 g/mol. The van der Waals surface area contributed by atoms with Crippen molar-refractivity contribution in [1.29, 1.82) is 0 Å². The summed E-state index contributed by atoms with van der Waals surface area (Å²) in [6, 6.07) is 8.07. The lowest BCUT2D eigenvalue weighted by atomic mass is 9.85. The summed E-state index contributed by atoms with van der Waals surface area (Å²) in [6.07, 6.45) is 1.37. The van der Waals surface area contributed by atoms with E-state index in [-0.39, 0.29) is 24.8 Å². The highest BCUT2D eigenvalue weighted by atomic mass is 16.3. The van der Waals surface area contributed by atoms with Gasteiger partial charge < -0.3 is 20.4 Å².